The lowest BCUT2D eigenvalue weighted by Crippen LogP contribution is -2.29. The van der Waals surface area contributed by atoms with Crippen molar-refractivity contribution in [3.63, 3.8) is 0 Å². The maximum absolute atomic E-state index is 11.5. The lowest BCUT2D eigenvalue weighted by molar-refractivity contribution is -0.782. The standard InChI is InChI=1S/C9H7N3O5/c13-8(14)4-10-9(15)5-1-2-7-6(3-5)11-17-12(7)16/h1-3H,4H2,(H,10,15)(H,13,14). The quantitative estimate of drug-likeness (QED) is 0.679. The third-order valence-electron chi connectivity index (χ3n) is 2.05. The van der Waals surface area contributed by atoms with Crippen LogP contribution in [0.1, 0.15) is 10.4 Å². The molecule has 0 saturated carbocycles. The fourth-order valence-corrected chi connectivity index (χ4v) is 1.28. The van der Waals surface area contributed by atoms with Gasteiger partial charge in [0.1, 0.15) is 6.54 Å². The first-order chi connectivity index (χ1) is 8.08. The van der Waals surface area contributed by atoms with Crippen molar-refractivity contribution in [1.82, 2.24) is 10.5 Å². The molecule has 1 amide bonds. The van der Waals surface area contributed by atoms with E-state index in [1.54, 1.807) is 0 Å². The van der Waals surface area contributed by atoms with E-state index in [2.05, 4.69) is 15.1 Å². The Morgan fingerprint density at radius 2 is 2.29 bits per heavy atom. The van der Waals surface area contributed by atoms with Crippen molar-refractivity contribution in [1.29, 1.82) is 0 Å². The van der Waals surface area contributed by atoms with Crippen LogP contribution in [0.15, 0.2) is 22.8 Å². The highest BCUT2D eigenvalue weighted by Crippen LogP contribution is 2.10. The average molecular weight is 237 g/mol. The summed E-state index contributed by atoms with van der Waals surface area (Å²) in [6.07, 6.45) is 0. The second-order valence-corrected chi connectivity index (χ2v) is 3.21. The van der Waals surface area contributed by atoms with E-state index in [4.69, 9.17) is 5.11 Å². The Morgan fingerprint density at radius 1 is 1.53 bits per heavy atom. The van der Waals surface area contributed by atoms with Gasteiger partial charge in [-0.15, -0.1) is 0 Å². The van der Waals surface area contributed by atoms with Crippen LogP contribution in [0.5, 0.6) is 0 Å². The van der Waals surface area contributed by atoms with Crippen molar-refractivity contribution in [2.75, 3.05) is 6.54 Å². The van der Waals surface area contributed by atoms with Crippen LogP contribution in [-0.4, -0.2) is 28.7 Å². The van der Waals surface area contributed by atoms with Gasteiger partial charge in [0, 0.05) is 16.8 Å². The molecule has 0 fully saturated rings. The molecule has 0 aliphatic heterocycles. The zero-order chi connectivity index (χ0) is 12.4. The van der Waals surface area contributed by atoms with Crippen LogP contribution in [0.4, 0.5) is 0 Å². The van der Waals surface area contributed by atoms with Gasteiger partial charge in [-0.05, 0) is 17.0 Å². The largest absolute Gasteiger partial charge is 0.480 e. The summed E-state index contributed by atoms with van der Waals surface area (Å²) in [5.74, 6) is -1.70. The van der Waals surface area contributed by atoms with Crippen LogP contribution < -0.4 is 10.2 Å². The molecule has 0 radical (unpaired) electrons. The maximum atomic E-state index is 11.5. The van der Waals surface area contributed by atoms with Gasteiger partial charge in [0.15, 0.2) is 0 Å². The lowest BCUT2D eigenvalue weighted by Gasteiger charge is -2.00. The highest BCUT2D eigenvalue weighted by atomic mass is 16.8. The van der Waals surface area contributed by atoms with E-state index in [1.807, 2.05) is 0 Å². The summed E-state index contributed by atoms with van der Waals surface area (Å²) < 4.78 is 4.33. The molecule has 0 unspecified atom stereocenters. The second kappa shape index (κ2) is 4.08. The average Bonchev–Trinajstić information content (AvgIpc) is 2.67. The third-order valence-corrected chi connectivity index (χ3v) is 2.05. The summed E-state index contributed by atoms with van der Waals surface area (Å²) in [6.45, 7) is -0.475. The number of carbonyl (C=O) groups is 2. The van der Waals surface area contributed by atoms with Crippen molar-refractivity contribution in [3.05, 3.63) is 29.0 Å². The van der Waals surface area contributed by atoms with Gasteiger partial charge in [-0.1, -0.05) is 0 Å². The van der Waals surface area contributed by atoms with Crippen LogP contribution in [-0.2, 0) is 4.79 Å². The van der Waals surface area contributed by atoms with Gasteiger partial charge >= 0.3 is 5.97 Å². The Balaban J connectivity index is 2.24. The number of hydrogen-bond acceptors (Lipinski definition) is 5. The van der Waals surface area contributed by atoms with E-state index in [0.29, 0.717) is 0 Å². The fourth-order valence-electron chi connectivity index (χ4n) is 1.28. The number of hydrogen-bond donors (Lipinski definition) is 2. The molecule has 0 saturated heterocycles. The highest BCUT2D eigenvalue weighted by Gasteiger charge is 2.13. The number of aliphatic carboxylic acids is 1. The Kier molecular flexibility index (Phi) is 2.61. The van der Waals surface area contributed by atoms with Crippen molar-refractivity contribution in [3.8, 4) is 0 Å². The summed E-state index contributed by atoms with van der Waals surface area (Å²) in [4.78, 5) is 22.0. The monoisotopic (exact) mass is 237 g/mol. The topological polar surface area (TPSA) is 119 Å². The molecule has 1 heterocycles. The summed E-state index contributed by atoms with van der Waals surface area (Å²) in [5.41, 5.74) is 0.621. The van der Waals surface area contributed by atoms with E-state index in [-0.39, 0.29) is 21.5 Å². The van der Waals surface area contributed by atoms with Gasteiger partial charge in [-0.3, -0.25) is 14.2 Å². The molecule has 8 heteroatoms. The normalized spacial score (nSPS) is 10.4. The Morgan fingerprint density at radius 3 is 3.00 bits per heavy atom. The van der Waals surface area contributed by atoms with E-state index in [0.717, 1.165) is 0 Å². The molecule has 0 bridgehead atoms. The van der Waals surface area contributed by atoms with E-state index >= 15 is 0 Å². The molecule has 88 valence electrons. The van der Waals surface area contributed by atoms with Crippen LogP contribution in [0.3, 0.4) is 0 Å². The van der Waals surface area contributed by atoms with Crippen molar-refractivity contribution < 1.29 is 24.2 Å². The molecule has 0 atom stereocenters. The number of benzene rings is 1. The number of nitrogens with zero attached hydrogens (tertiary/aromatic N) is 2. The second-order valence-electron chi connectivity index (χ2n) is 3.21. The van der Waals surface area contributed by atoms with Gasteiger partial charge in [-0.25, -0.2) is 0 Å². The zero-order valence-corrected chi connectivity index (χ0v) is 8.41. The lowest BCUT2D eigenvalue weighted by atomic mass is 10.2. The minimum absolute atomic E-state index is 0.194. The van der Waals surface area contributed by atoms with Crippen molar-refractivity contribution >= 4 is 22.9 Å². The summed E-state index contributed by atoms with van der Waals surface area (Å²) >= 11 is 0. The van der Waals surface area contributed by atoms with Crippen molar-refractivity contribution in [2.24, 2.45) is 0 Å². The summed E-state index contributed by atoms with van der Waals surface area (Å²) in [5, 5.41) is 25.0. The maximum Gasteiger partial charge on any atom is 0.322 e. The molecule has 1 aromatic heterocycles. The first-order valence-electron chi connectivity index (χ1n) is 4.57. The molecule has 2 rings (SSSR count). The summed E-state index contributed by atoms with van der Waals surface area (Å²) in [7, 11) is 0. The Labute approximate surface area is 94.0 Å². The summed E-state index contributed by atoms with van der Waals surface area (Å²) in [6, 6.07) is 4.09. The molecule has 0 spiro atoms. The molecule has 0 aliphatic carbocycles. The minimum Gasteiger partial charge on any atom is -0.480 e. The number of carboxylic acids is 1. The molecule has 17 heavy (non-hydrogen) atoms. The van der Waals surface area contributed by atoms with E-state index < -0.39 is 18.4 Å². The van der Waals surface area contributed by atoms with Gasteiger partial charge in [-0.2, -0.15) is 0 Å². The van der Waals surface area contributed by atoms with E-state index in [9.17, 15) is 14.8 Å². The highest BCUT2D eigenvalue weighted by molar-refractivity contribution is 5.98. The predicted molar refractivity (Wildman–Crippen MR) is 52.9 cm³/mol. The first kappa shape index (κ1) is 10.9. The fraction of sp³-hybridized carbons (Fsp3) is 0.111. The number of carbonyl (C=O) groups excluding carboxylic acids is 1. The molecule has 1 aromatic carbocycles. The van der Waals surface area contributed by atoms with Gasteiger partial charge in [0.25, 0.3) is 5.91 Å². The number of amides is 1. The molecule has 2 aromatic rings. The number of nitrogens with one attached hydrogen (secondary N) is 1. The molecule has 0 aliphatic rings. The van der Waals surface area contributed by atoms with Crippen LogP contribution in [0.25, 0.3) is 11.0 Å². The van der Waals surface area contributed by atoms with Gasteiger partial charge in [0.2, 0.25) is 11.0 Å². The zero-order valence-electron chi connectivity index (χ0n) is 8.41. The van der Waals surface area contributed by atoms with Crippen LogP contribution in [0.2, 0.25) is 0 Å². The SMILES string of the molecule is O=C(O)CNC(=O)c1ccc2c(c1)no[n+]2[O-]. The smallest absolute Gasteiger partial charge is 0.322 e. The number of rotatable bonds is 3. The van der Waals surface area contributed by atoms with Crippen molar-refractivity contribution in [2.45, 2.75) is 0 Å². The molecule has 8 nitrogen and oxygen atoms in total. The van der Waals surface area contributed by atoms with Crippen LogP contribution in [0, 0.1) is 5.21 Å². The molecular weight excluding hydrogens is 230 g/mol. The predicted octanol–water partition coefficient (Wildman–Crippen LogP) is -0.724. The number of aromatic nitrogens is 2. The Bertz CT molecular complexity index is 591. The third kappa shape index (κ3) is 2.14. The molecule has 2 N–H and O–H groups in total. The number of carboxylic acid groups (broad SMARTS) is 1. The Hall–Kier alpha value is -2.64. The number of fused-ring (bicyclic) bond motifs is 1. The molecular formula is C9H7N3O5. The van der Waals surface area contributed by atoms with Gasteiger partial charge < -0.3 is 15.6 Å². The van der Waals surface area contributed by atoms with Crippen LogP contribution >= 0.6 is 0 Å². The van der Waals surface area contributed by atoms with E-state index in [1.165, 1.54) is 18.2 Å². The van der Waals surface area contributed by atoms with Gasteiger partial charge in [0.05, 0.1) is 0 Å². The first-order valence-corrected chi connectivity index (χ1v) is 4.57. The minimum atomic E-state index is -1.14.